The van der Waals surface area contributed by atoms with Gasteiger partial charge in [-0.25, -0.2) is 4.57 Å². The highest BCUT2D eigenvalue weighted by Crippen LogP contribution is 2.43. The first-order chi connectivity index (χ1) is 15.1. The van der Waals surface area contributed by atoms with Gasteiger partial charge in [-0.3, -0.25) is 9.05 Å². The topological polar surface area (TPSA) is 231 Å². The lowest BCUT2D eigenvalue weighted by Crippen LogP contribution is -2.63. The number of phosphoric acid groups is 1. The number of nitrogens with zero attached hydrogens (tertiary/aromatic N) is 1. The summed E-state index contributed by atoms with van der Waals surface area (Å²) in [5.74, 6) is 0. The van der Waals surface area contributed by atoms with E-state index in [0.717, 1.165) is 0 Å². The molecule has 0 spiro atoms. The molecule has 0 aromatic carbocycles. The Hall–Kier alpha value is -0.330. The van der Waals surface area contributed by atoms with Crippen molar-refractivity contribution < 1.29 is 67.8 Å². The number of aliphatic hydroxyl groups is 6. The highest BCUT2D eigenvalue weighted by atomic mass is 31.2. The molecule has 1 unspecified atom stereocenters. The average molecular weight is 507 g/mol. The van der Waals surface area contributed by atoms with Crippen molar-refractivity contribution in [3.63, 3.8) is 0 Å². The van der Waals surface area contributed by atoms with Crippen LogP contribution in [0.4, 0.5) is 0 Å². The molecule has 2 saturated heterocycles. The molecule has 11 atom stereocenters. The van der Waals surface area contributed by atoms with Gasteiger partial charge in [0, 0.05) is 0 Å². The van der Waals surface area contributed by atoms with Crippen LogP contribution in [0.1, 0.15) is 0 Å². The number of aliphatic hydroxyl groups excluding tert-OH is 6. The van der Waals surface area contributed by atoms with Gasteiger partial charge < -0.3 is 60.0 Å². The lowest BCUT2D eigenvalue weighted by Gasteiger charge is -2.42. The number of rotatable bonds is 10. The van der Waals surface area contributed by atoms with Crippen molar-refractivity contribution in [2.24, 2.45) is 5.73 Å². The Balaban J connectivity index is 1.91. The molecule has 2 heterocycles. The van der Waals surface area contributed by atoms with Crippen molar-refractivity contribution in [3.05, 3.63) is 0 Å². The summed E-state index contributed by atoms with van der Waals surface area (Å²) >= 11 is 0. The third-order valence-electron chi connectivity index (χ3n) is 5.28. The van der Waals surface area contributed by atoms with Gasteiger partial charge in [0.15, 0.2) is 12.6 Å². The van der Waals surface area contributed by atoms with Crippen LogP contribution in [0.15, 0.2) is 0 Å². The third kappa shape index (κ3) is 8.10. The number of quaternary nitrogens is 1. The Morgan fingerprint density at radius 3 is 2.03 bits per heavy atom. The Labute approximate surface area is 191 Å². The minimum Gasteiger partial charge on any atom is -0.388 e. The SMILES string of the molecule is C[N+](C)(C)CCOP(=O)(O)OC[C@H]1O[C@H](OC[C@H]2O[C@H](O)[C@H](N)[C@@H](O)[C@@H]2O)[C@@H](O)[C@@H](O)[C@@H]1O. The van der Waals surface area contributed by atoms with Crippen molar-refractivity contribution in [3.8, 4) is 0 Å². The van der Waals surface area contributed by atoms with E-state index in [2.05, 4.69) is 0 Å². The van der Waals surface area contributed by atoms with E-state index in [1.54, 1.807) is 0 Å². The number of likely N-dealkylation sites (N-methyl/N-ethyl adjacent to an activating group) is 1. The molecular weight excluding hydrogens is 471 g/mol. The van der Waals surface area contributed by atoms with Gasteiger partial charge in [-0.15, -0.1) is 0 Å². The van der Waals surface area contributed by atoms with Crippen molar-refractivity contribution in [1.29, 1.82) is 0 Å². The number of hydrogen-bond acceptors (Lipinski definition) is 13. The quantitative estimate of drug-likeness (QED) is 0.103. The van der Waals surface area contributed by atoms with Crippen molar-refractivity contribution in [2.75, 3.05) is 47.5 Å². The highest BCUT2D eigenvalue weighted by Gasteiger charge is 2.47. The van der Waals surface area contributed by atoms with Crippen LogP contribution >= 0.6 is 7.82 Å². The molecule has 16 heteroatoms. The van der Waals surface area contributed by atoms with Crippen molar-refractivity contribution in [1.82, 2.24) is 0 Å². The average Bonchev–Trinajstić information content (AvgIpc) is 2.71. The zero-order valence-corrected chi connectivity index (χ0v) is 19.5. The molecule has 2 rings (SSSR count). The van der Waals surface area contributed by atoms with Gasteiger partial charge in [-0.05, 0) is 0 Å². The smallest absolute Gasteiger partial charge is 0.388 e. The van der Waals surface area contributed by atoms with Crippen LogP contribution in [0.2, 0.25) is 0 Å². The van der Waals surface area contributed by atoms with Crippen molar-refractivity contribution >= 4 is 7.82 Å². The first-order valence-corrected chi connectivity index (χ1v) is 11.8. The Bertz CT molecular complexity index is 667. The summed E-state index contributed by atoms with van der Waals surface area (Å²) in [6.07, 6.45) is -14.0. The zero-order chi connectivity index (χ0) is 25.1. The lowest BCUT2D eigenvalue weighted by molar-refractivity contribution is -0.870. The highest BCUT2D eigenvalue weighted by molar-refractivity contribution is 7.47. The predicted octanol–water partition coefficient (Wildman–Crippen LogP) is -4.58. The van der Waals surface area contributed by atoms with Gasteiger partial charge >= 0.3 is 7.82 Å². The molecule has 196 valence electrons. The molecule has 0 aromatic rings. The largest absolute Gasteiger partial charge is 0.472 e. The Morgan fingerprint density at radius 2 is 1.42 bits per heavy atom. The summed E-state index contributed by atoms with van der Waals surface area (Å²) in [4.78, 5) is 9.81. The van der Waals surface area contributed by atoms with Gasteiger partial charge in [-0.1, -0.05) is 0 Å². The summed E-state index contributed by atoms with van der Waals surface area (Å²) in [5.41, 5.74) is 5.49. The van der Waals surface area contributed by atoms with Crippen LogP contribution in [-0.2, 0) is 27.8 Å². The molecule has 15 nitrogen and oxygen atoms in total. The van der Waals surface area contributed by atoms with Crippen LogP contribution in [0.25, 0.3) is 0 Å². The number of phosphoric ester groups is 1. The molecular formula is C17H36N2O13P+. The fourth-order valence-electron chi connectivity index (χ4n) is 3.12. The van der Waals surface area contributed by atoms with Gasteiger partial charge in [0.2, 0.25) is 0 Å². The molecule has 0 amide bonds. The van der Waals surface area contributed by atoms with Crippen molar-refractivity contribution in [2.45, 2.75) is 61.3 Å². The van der Waals surface area contributed by atoms with E-state index >= 15 is 0 Å². The number of ether oxygens (including phenoxy) is 3. The van der Waals surface area contributed by atoms with E-state index in [-0.39, 0.29) is 6.61 Å². The second kappa shape index (κ2) is 11.6. The molecule has 0 aromatic heterocycles. The molecule has 9 N–H and O–H groups in total. The minimum absolute atomic E-state index is 0.0799. The molecule has 2 aliphatic heterocycles. The fourth-order valence-corrected chi connectivity index (χ4v) is 3.84. The van der Waals surface area contributed by atoms with E-state index in [1.165, 1.54) is 0 Å². The Kier molecular flexibility index (Phi) is 10.2. The summed E-state index contributed by atoms with van der Waals surface area (Å²) in [5, 5.41) is 59.9. The molecule has 0 radical (unpaired) electrons. The van der Waals surface area contributed by atoms with E-state index in [4.69, 9.17) is 29.0 Å². The maximum Gasteiger partial charge on any atom is 0.472 e. The van der Waals surface area contributed by atoms with E-state index in [9.17, 15) is 40.1 Å². The van der Waals surface area contributed by atoms with Crippen LogP contribution < -0.4 is 5.73 Å². The third-order valence-corrected chi connectivity index (χ3v) is 6.26. The molecule has 0 bridgehead atoms. The monoisotopic (exact) mass is 507 g/mol. The first kappa shape index (κ1) is 28.9. The van der Waals surface area contributed by atoms with Crippen LogP contribution in [-0.4, -0.2) is 149 Å². The van der Waals surface area contributed by atoms with Crippen LogP contribution in [0.5, 0.6) is 0 Å². The normalized spacial score (nSPS) is 42.2. The molecule has 2 aliphatic rings. The fraction of sp³-hybridized carbons (Fsp3) is 1.00. The summed E-state index contributed by atoms with van der Waals surface area (Å²) < 4.78 is 38.0. The van der Waals surface area contributed by atoms with Crippen LogP contribution in [0.3, 0.4) is 0 Å². The second-order valence-electron chi connectivity index (χ2n) is 9.08. The number of hydrogen-bond donors (Lipinski definition) is 8. The molecule has 0 aliphatic carbocycles. The van der Waals surface area contributed by atoms with Gasteiger partial charge in [0.1, 0.15) is 55.9 Å². The van der Waals surface area contributed by atoms with E-state index in [0.29, 0.717) is 11.0 Å². The molecule has 33 heavy (non-hydrogen) atoms. The number of nitrogens with two attached hydrogens (primary N) is 1. The summed E-state index contributed by atoms with van der Waals surface area (Å²) in [6, 6.07) is -1.25. The lowest BCUT2D eigenvalue weighted by atomic mass is 9.97. The van der Waals surface area contributed by atoms with Gasteiger partial charge in [0.05, 0.1) is 40.4 Å². The maximum atomic E-state index is 12.1. The molecule has 2 fully saturated rings. The minimum atomic E-state index is -4.50. The standard InChI is InChI=1S/C17H35N2O13P/c1-19(2,3)4-5-29-33(26,27)30-7-9-12(21)14(23)15(24)17(32-9)28-6-8-11(20)13(22)10(18)16(25)31-8/h8-17,20-25H,4-7,18H2,1-3H3/p+1/t8-,9-,10-,11-,12-,13-,14+,15+,16+,17+/m1/s1. The summed E-state index contributed by atoms with van der Waals surface area (Å²) in [6.45, 7) is -0.852. The first-order valence-electron chi connectivity index (χ1n) is 10.3. The predicted molar refractivity (Wildman–Crippen MR) is 108 cm³/mol. The zero-order valence-electron chi connectivity index (χ0n) is 18.7. The molecule has 0 saturated carbocycles. The van der Waals surface area contributed by atoms with E-state index < -0.39 is 82.4 Å². The van der Waals surface area contributed by atoms with E-state index in [1.807, 2.05) is 21.1 Å². The second-order valence-corrected chi connectivity index (χ2v) is 10.5. The van der Waals surface area contributed by atoms with Crippen LogP contribution in [0, 0.1) is 0 Å². The Morgan fingerprint density at radius 1 is 0.848 bits per heavy atom. The van der Waals surface area contributed by atoms with Gasteiger partial charge in [0.25, 0.3) is 0 Å². The maximum absolute atomic E-state index is 12.1. The van der Waals surface area contributed by atoms with Gasteiger partial charge in [-0.2, -0.15) is 0 Å². The summed E-state index contributed by atoms with van der Waals surface area (Å²) in [7, 11) is 1.08.